The molecule has 0 nitrogen and oxygen atoms in total. The minimum atomic E-state index is -2.09. The second-order valence-electron chi connectivity index (χ2n) is 21.8. The first-order valence-electron chi connectivity index (χ1n) is 21.5. The van der Waals surface area contributed by atoms with E-state index >= 15 is 0 Å². The molecule has 2 aliphatic carbocycles. The molecular weight excluding hydrogens is 677 g/mol. The fraction of sp³-hybridized carbons (Fsp3) is 0.481. The number of rotatable bonds is 8. The second-order valence-corrected chi connectivity index (χ2v) is 26.6. The lowest BCUT2D eigenvalue weighted by Gasteiger charge is -2.40. The first kappa shape index (κ1) is 41.2. The Morgan fingerprint density at radius 3 is 1.04 bits per heavy atom. The zero-order valence-electron chi connectivity index (χ0n) is 37.6. The molecule has 55 heavy (non-hydrogen) atoms. The largest absolute Gasteiger partial charge is 0.0722 e. The third kappa shape index (κ3) is 7.94. The number of hydrogen-bond donors (Lipinski definition) is 0. The maximum absolute atomic E-state index is 2.73. The Hall–Kier alpha value is -3.42. The van der Waals surface area contributed by atoms with Crippen molar-refractivity contribution in [2.75, 3.05) is 0 Å². The summed E-state index contributed by atoms with van der Waals surface area (Å²) in [6, 6.07) is 29.4. The molecule has 0 fully saturated rings. The van der Waals surface area contributed by atoms with Crippen LogP contribution in [0, 0.1) is 0 Å². The van der Waals surface area contributed by atoms with E-state index in [-0.39, 0.29) is 21.7 Å². The molecule has 0 N–H and O–H groups in total. The minimum Gasteiger partial charge on any atom is -0.0679 e. The van der Waals surface area contributed by atoms with Crippen LogP contribution in [0.5, 0.6) is 0 Å². The van der Waals surface area contributed by atoms with Crippen LogP contribution in [0.3, 0.4) is 0 Å². The van der Waals surface area contributed by atoms with Gasteiger partial charge in [0.1, 0.15) is 0 Å². The maximum atomic E-state index is 2.73. The van der Waals surface area contributed by atoms with Gasteiger partial charge in [-0.05, 0) is 101 Å². The molecule has 4 aromatic rings. The van der Waals surface area contributed by atoms with E-state index < -0.39 is 8.07 Å². The highest BCUT2D eigenvalue weighted by Gasteiger charge is 2.48. The van der Waals surface area contributed by atoms with Gasteiger partial charge in [-0.2, -0.15) is 0 Å². The number of allylic oxidation sites excluding steroid dienone is 2. The van der Waals surface area contributed by atoms with E-state index in [1.807, 2.05) is 0 Å². The molecule has 4 aromatic carbocycles. The highest BCUT2D eigenvalue weighted by molar-refractivity contribution is 6.81. The van der Waals surface area contributed by atoms with E-state index in [1.165, 1.54) is 68.5 Å². The predicted molar refractivity (Wildman–Crippen MR) is 247 cm³/mol. The summed E-state index contributed by atoms with van der Waals surface area (Å²) in [5.41, 5.74) is 21.9. The summed E-state index contributed by atoms with van der Waals surface area (Å²) in [4.78, 5) is 0. The average molecular weight is 749 g/mol. The molecule has 0 spiro atoms. The summed E-state index contributed by atoms with van der Waals surface area (Å²) >= 11 is 0. The van der Waals surface area contributed by atoms with E-state index in [0.717, 1.165) is 12.8 Å². The Labute approximate surface area is 338 Å². The van der Waals surface area contributed by atoms with E-state index in [2.05, 4.69) is 195 Å². The van der Waals surface area contributed by atoms with E-state index in [0.29, 0.717) is 11.1 Å². The normalized spacial score (nSPS) is 17.6. The quantitative estimate of drug-likeness (QED) is 0.157. The first-order valence-corrected chi connectivity index (χ1v) is 24.6. The average Bonchev–Trinajstić information content (AvgIpc) is 3.65. The van der Waals surface area contributed by atoms with Gasteiger partial charge in [0, 0.05) is 11.1 Å². The van der Waals surface area contributed by atoms with Gasteiger partial charge >= 0.3 is 0 Å². The molecule has 0 bridgehead atoms. The van der Waals surface area contributed by atoms with E-state index in [1.54, 1.807) is 22.3 Å². The van der Waals surface area contributed by atoms with Crippen molar-refractivity contribution in [3.8, 4) is 22.3 Å². The summed E-state index contributed by atoms with van der Waals surface area (Å²) < 4.78 is 0. The molecule has 0 radical (unpaired) electrons. The van der Waals surface area contributed by atoms with Crippen LogP contribution in [-0.4, -0.2) is 8.07 Å². The van der Waals surface area contributed by atoms with Gasteiger partial charge in [0.05, 0.1) is 8.07 Å². The molecule has 6 rings (SSSR count). The smallest absolute Gasteiger partial charge is 0.0679 e. The van der Waals surface area contributed by atoms with E-state index in [4.69, 9.17) is 0 Å². The molecule has 2 unspecified atom stereocenters. The Morgan fingerprint density at radius 2 is 0.764 bits per heavy atom. The molecule has 0 aliphatic heterocycles. The Morgan fingerprint density at radius 1 is 0.455 bits per heavy atom. The van der Waals surface area contributed by atoms with Crippen LogP contribution in [-0.2, 0) is 21.7 Å². The summed E-state index contributed by atoms with van der Waals surface area (Å²) in [5, 5.41) is 0. The summed E-state index contributed by atoms with van der Waals surface area (Å²) in [7, 11) is -2.09. The molecule has 1 heteroatoms. The van der Waals surface area contributed by atoms with Crippen LogP contribution in [0.2, 0.25) is 13.1 Å². The molecule has 2 atom stereocenters. The zero-order valence-corrected chi connectivity index (χ0v) is 38.6. The van der Waals surface area contributed by atoms with Crippen LogP contribution >= 0.6 is 0 Å². The molecular formula is C54H72Si. The second kappa shape index (κ2) is 14.5. The summed E-state index contributed by atoms with van der Waals surface area (Å²) in [5.74, 6) is 0. The van der Waals surface area contributed by atoms with Gasteiger partial charge in [-0.15, -0.1) is 0 Å². The zero-order chi connectivity index (χ0) is 40.5. The van der Waals surface area contributed by atoms with Crippen LogP contribution in [0.1, 0.15) is 178 Å². The lowest BCUT2D eigenvalue weighted by atomic mass is 9.78. The topological polar surface area (TPSA) is 0 Å². The Kier molecular flexibility index (Phi) is 10.9. The fourth-order valence-corrected chi connectivity index (χ4v) is 14.5. The molecule has 2 aliphatic rings. The molecule has 0 saturated heterocycles. The first-order chi connectivity index (χ1) is 25.5. The van der Waals surface area contributed by atoms with Crippen LogP contribution in [0.15, 0.2) is 83.9 Å². The van der Waals surface area contributed by atoms with E-state index in [9.17, 15) is 0 Å². The molecule has 0 amide bonds. The van der Waals surface area contributed by atoms with Crippen LogP contribution < -0.4 is 0 Å². The monoisotopic (exact) mass is 749 g/mol. The van der Waals surface area contributed by atoms with Crippen molar-refractivity contribution in [3.63, 3.8) is 0 Å². The Balaban J connectivity index is 1.53. The van der Waals surface area contributed by atoms with Gasteiger partial charge in [0.15, 0.2) is 0 Å². The highest BCUT2D eigenvalue weighted by Crippen LogP contribution is 2.56. The SMILES string of the molecule is CCCC1=Cc2c(-c3cc(C(C)(C)C)cc(C(C)(C)C)c3)cccc2C1[Si](C)(C)C1C(CCC)=Cc2c(-c3cc(C(C)(C)C)cc(C(C)(C)C)c3)cccc21. The van der Waals surface area contributed by atoms with Crippen LogP contribution in [0.4, 0.5) is 0 Å². The van der Waals surface area contributed by atoms with Gasteiger partial charge in [-0.25, -0.2) is 0 Å². The maximum Gasteiger partial charge on any atom is 0.0722 e. The van der Waals surface area contributed by atoms with Crippen molar-refractivity contribution >= 4 is 20.2 Å². The third-order valence-electron chi connectivity index (χ3n) is 12.8. The van der Waals surface area contributed by atoms with Crippen LogP contribution in [0.25, 0.3) is 34.4 Å². The van der Waals surface area contributed by atoms with Crippen molar-refractivity contribution in [1.82, 2.24) is 0 Å². The lowest BCUT2D eigenvalue weighted by molar-refractivity contribution is 0.568. The molecule has 0 saturated carbocycles. The van der Waals surface area contributed by atoms with Gasteiger partial charge < -0.3 is 0 Å². The summed E-state index contributed by atoms with van der Waals surface area (Å²) in [6.07, 6.45) is 9.96. The van der Waals surface area contributed by atoms with Crippen molar-refractivity contribution in [3.05, 3.63) is 128 Å². The van der Waals surface area contributed by atoms with Crippen molar-refractivity contribution in [2.45, 2.75) is 168 Å². The summed E-state index contributed by atoms with van der Waals surface area (Å²) in [6.45, 7) is 38.5. The van der Waals surface area contributed by atoms with Crippen molar-refractivity contribution < 1.29 is 0 Å². The van der Waals surface area contributed by atoms with Gasteiger partial charge in [-0.3, -0.25) is 0 Å². The molecule has 0 aromatic heterocycles. The molecule has 0 heterocycles. The third-order valence-corrected chi connectivity index (χ3v) is 17.2. The number of benzene rings is 4. The van der Waals surface area contributed by atoms with Crippen molar-refractivity contribution in [1.29, 1.82) is 0 Å². The highest BCUT2D eigenvalue weighted by atomic mass is 28.3. The van der Waals surface area contributed by atoms with Gasteiger partial charge in [0.25, 0.3) is 0 Å². The van der Waals surface area contributed by atoms with Crippen molar-refractivity contribution in [2.24, 2.45) is 0 Å². The molecule has 292 valence electrons. The minimum absolute atomic E-state index is 0.0771. The predicted octanol–water partition coefficient (Wildman–Crippen LogP) is 16.3. The standard InChI is InChI=1S/C54H72Si/c1-17-21-35-31-47-43(37-27-39(51(3,4)5)33-40(28-37)52(6,7)8)23-19-25-45(47)49(35)55(15,16)50-36(22-18-2)32-48-44(24-20-26-46(48)50)38-29-41(53(9,10)11)34-42(30-38)54(12,13)14/h19-20,23-34,49-50H,17-18,21-22H2,1-16H3. The number of hydrogen-bond acceptors (Lipinski definition) is 0. The Bertz CT molecular complexity index is 1920. The van der Waals surface area contributed by atoms with Gasteiger partial charge in [-0.1, -0.05) is 219 Å². The fourth-order valence-electron chi connectivity index (χ4n) is 9.66. The van der Waals surface area contributed by atoms with Gasteiger partial charge in [0.2, 0.25) is 0 Å². The lowest BCUT2D eigenvalue weighted by Crippen LogP contribution is -2.43. The number of fused-ring (bicyclic) bond motifs is 2.